The number of alkyl halides is 3. The molecule has 1 N–H and O–H groups in total. The van der Waals surface area contributed by atoms with Crippen molar-refractivity contribution in [1.29, 1.82) is 0 Å². The number of ether oxygens (including phenoxy) is 2. The van der Waals surface area contributed by atoms with Crippen LogP contribution in [0.5, 0.6) is 5.75 Å². The minimum absolute atomic E-state index is 0.224. The highest BCUT2D eigenvalue weighted by atomic mass is 79.9. The van der Waals surface area contributed by atoms with Crippen molar-refractivity contribution in [2.24, 2.45) is 0 Å². The highest BCUT2D eigenvalue weighted by Crippen LogP contribution is 2.29. The van der Waals surface area contributed by atoms with Crippen molar-refractivity contribution >= 4 is 38.0 Å². The van der Waals surface area contributed by atoms with E-state index >= 15 is 0 Å². The van der Waals surface area contributed by atoms with Crippen LogP contribution in [0.4, 0.5) is 13.2 Å². The minimum atomic E-state index is -5.28. The summed E-state index contributed by atoms with van der Waals surface area (Å²) in [5.41, 5.74) is 1.19. The number of carbonyl (C=O) groups is 2. The van der Waals surface area contributed by atoms with Crippen molar-refractivity contribution in [1.82, 2.24) is 0 Å². The standard InChI is InChI=1S/C20H18BrF3O7S/c1-10-6-11(2)17(12(3)7-10)31-18(25)14-5-4-13(21)8-15(14)19(26)30-16(20(22,23)24)9-32(27,28)29/h4-8,16H,9H2,1-3H3,(H,27,28,29). The van der Waals surface area contributed by atoms with Crippen LogP contribution in [0.25, 0.3) is 0 Å². The van der Waals surface area contributed by atoms with E-state index < -0.39 is 51.2 Å². The van der Waals surface area contributed by atoms with E-state index in [2.05, 4.69) is 20.7 Å². The van der Waals surface area contributed by atoms with E-state index in [9.17, 15) is 31.2 Å². The van der Waals surface area contributed by atoms with Gasteiger partial charge in [0, 0.05) is 4.47 Å². The topological polar surface area (TPSA) is 107 Å². The number of carbonyl (C=O) groups excluding carboxylic acids is 2. The van der Waals surface area contributed by atoms with E-state index in [0.29, 0.717) is 11.1 Å². The van der Waals surface area contributed by atoms with E-state index in [1.54, 1.807) is 26.0 Å². The monoisotopic (exact) mass is 538 g/mol. The third-order valence-electron chi connectivity index (χ3n) is 4.20. The van der Waals surface area contributed by atoms with Gasteiger partial charge in [-0.15, -0.1) is 0 Å². The molecule has 2 aromatic rings. The number of rotatable bonds is 6. The number of halogens is 4. The van der Waals surface area contributed by atoms with Crippen LogP contribution in [0.1, 0.15) is 37.4 Å². The van der Waals surface area contributed by atoms with Gasteiger partial charge in [0.05, 0.1) is 11.1 Å². The zero-order valence-electron chi connectivity index (χ0n) is 17.0. The molecule has 0 radical (unpaired) electrons. The Bertz CT molecular complexity index is 1140. The van der Waals surface area contributed by atoms with Gasteiger partial charge in [-0.1, -0.05) is 33.6 Å². The van der Waals surface area contributed by atoms with Crippen molar-refractivity contribution in [3.05, 3.63) is 62.6 Å². The maximum absolute atomic E-state index is 13.1. The zero-order valence-corrected chi connectivity index (χ0v) is 19.4. The van der Waals surface area contributed by atoms with E-state index in [1.165, 1.54) is 6.07 Å². The lowest BCUT2D eigenvalue weighted by atomic mass is 10.1. The first kappa shape index (κ1) is 25.8. The van der Waals surface area contributed by atoms with Crippen LogP contribution < -0.4 is 4.74 Å². The second kappa shape index (κ2) is 9.59. The Morgan fingerprint density at radius 3 is 2.09 bits per heavy atom. The Labute approximate surface area is 190 Å². The van der Waals surface area contributed by atoms with Gasteiger partial charge in [0.15, 0.2) is 0 Å². The molecule has 1 atom stereocenters. The third kappa shape index (κ3) is 6.78. The van der Waals surface area contributed by atoms with Crippen LogP contribution in [0.3, 0.4) is 0 Å². The van der Waals surface area contributed by atoms with Gasteiger partial charge in [-0.2, -0.15) is 21.6 Å². The molecule has 0 aromatic heterocycles. The van der Waals surface area contributed by atoms with Crippen molar-refractivity contribution in [3.63, 3.8) is 0 Å². The quantitative estimate of drug-likeness (QED) is 0.326. The predicted molar refractivity (Wildman–Crippen MR) is 111 cm³/mol. The molecule has 32 heavy (non-hydrogen) atoms. The molecule has 0 saturated carbocycles. The Balaban J connectivity index is 2.41. The molecule has 1 unspecified atom stereocenters. The summed E-state index contributed by atoms with van der Waals surface area (Å²) in [7, 11) is -5.12. The van der Waals surface area contributed by atoms with Gasteiger partial charge in [-0.05, 0) is 50.1 Å². The molecule has 0 spiro atoms. The molecular weight excluding hydrogens is 521 g/mol. The Morgan fingerprint density at radius 2 is 1.59 bits per heavy atom. The van der Waals surface area contributed by atoms with Gasteiger partial charge in [-0.25, -0.2) is 9.59 Å². The fraction of sp³-hybridized carbons (Fsp3) is 0.300. The molecule has 0 bridgehead atoms. The number of esters is 2. The maximum atomic E-state index is 13.1. The molecule has 0 aliphatic rings. The van der Waals surface area contributed by atoms with Crippen LogP contribution in [0.2, 0.25) is 0 Å². The molecular formula is C20H18BrF3O7S. The molecule has 0 amide bonds. The zero-order chi connectivity index (χ0) is 24.4. The number of hydrogen-bond acceptors (Lipinski definition) is 6. The van der Waals surface area contributed by atoms with Crippen molar-refractivity contribution < 1.29 is 45.2 Å². The minimum Gasteiger partial charge on any atom is -0.448 e. The van der Waals surface area contributed by atoms with Crippen LogP contribution >= 0.6 is 15.9 Å². The first-order valence-corrected chi connectivity index (χ1v) is 11.3. The van der Waals surface area contributed by atoms with Gasteiger partial charge < -0.3 is 9.47 Å². The smallest absolute Gasteiger partial charge is 0.426 e. The third-order valence-corrected chi connectivity index (χ3v) is 5.41. The van der Waals surface area contributed by atoms with Gasteiger partial charge in [0.25, 0.3) is 10.1 Å². The fourth-order valence-corrected chi connectivity index (χ4v) is 3.92. The largest absolute Gasteiger partial charge is 0.448 e. The SMILES string of the molecule is Cc1cc(C)c(OC(=O)c2ccc(Br)cc2C(=O)OC(CS(=O)(=O)O)C(F)(F)F)c(C)c1. The van der Waals surface area contributed by atoms with Crippen LogP contribution in [0.15, 0.2) is 34.8 Å². The molecule has 0 heterocycles. The second-order valence-corrected chi connectivity index (χ2v) is 9.40. The lowest BCUT2D eigenvalue weighted by molar-refractivity contribution is -0.197. The second-order valence-electron chi connectivity index (χ2n) is 6.99. The summed E-state index contributed by atoms with van der Waals surface area (Å²) < 4.78 is 79.9. The van der Waals surface area contributed by atoms with Gasteiger partial charge in [0.2, 0.25) is 6.10 Å². The van der Waals surface area contributed by atoms with E-state index in [-0.39, 0.29) is 10.2 Å². The van der Waals surface area contributed by atoms with Crippen molar-refractivity contribution in [2.75, 3.05) is 5.75 Å². The Kier molecular flexibility index (Phi) is 7.74. The first-order chi connectivity index (χ1) is 14.6. The fourth-order valence-electron chi connectivity index (χ4n) is 2.92. The summed E-state index contributed by atoms with van der Waals surface area (Å²) >= 11 is 3.05. The van der Waals surface area contributed by atoms with E-state index in [4.69, 9.17) is 9.29 Å². The summed E-state index contributed by atoms with van der Waals surface area (Å²) in [4.78, 5) is 25.2. The maximum Gasteiger partial charge on any atom is 0.426 e. The Morgan fingerprint density at radius 1 is 1.03 bits per heavy atom. The number of benzene rings is 2. The van der Waals surface area contributed by atoms with Crippen molar-refractivity contribution in [3.8, 4) is 5.75 Å². The summed E-state index contributed by atoms with van der Waals surface area (Å²) in [6.07, 6.45) is -8.43. The Hall–Kier alpha value is -2.44. The first-order valence-electron chi connectivity index (χ1n) is 8.91. The summed E-state index contributed by atoms with van der Waals surface area (Å²) in [6, 6.07) is 7.06. The molecule has 2 rings (SSSR count). The normalized spacial score (nSPS) is 12.9. The average molecular weight is 539 g/mol. The van der Waals surface area contributed by atoms with E-state index in [1.807, 2.05) is 6.92 Å². The number of aryl methyl sites for hydroxylation is 3. The highest BCUT2D eigenvalue weighted by molar-refractivity contribution is 9.10. The van der Waals surface area contributed by atoms with Gasteiger partial charge >= 0.3 is 18.1 Å². The van der Waals surface area contributed by atoms with E-state index in [0.717, 1.165) is 17.7 Å². The van der Waals surface area contributed by atoms with Crippen molar-refractivity contribution in [2.45, 2.75) is 33.1 Å². The van der Waals surface area contributed by atoms with Crippen LogP contribution in [-0.2, 0) is 14.9 Å². The molecule has 7 nitrogen and oxygen atoms in total. The molecule has 174 valence electrons. The van der Waals surface area contributed by atoms with Gasteiger partial charge in [0.1, 0.15) is 11.5 Å². The molecule has 12 heteroatoms. The van der Waals surface area contributed by atoms with Crippen LogP contribution in [-0.4, -0.2) is 42.9 Å². The lowest BCUT2D eigenvalue weighted by Crippen LogP contribution is -2.39. The van der Waals surface area contributed by atoms with Gasteiger partial charge in [-0.3, -0.25) is 4.55 Å². The molecule has 0 fully saturated rings. The highest BCUT2D eigenvalue weighted by Gasteiger charge is 2.46. The summed E-state index contributed by atoms with van der Waals surface area (Å²) in [5, 5.41) is 0. The average Bonchev–Trinajstić information content (AvgIpc) is 2.61. The molecule has 2 aromatic carbocycles. The van der Waals surface area contributed by atoms with Crippen LogP contribution in [0, 0.1) is 20.8 Å². The summed E-state index contributed by atoms with van der Waals surface area (Å²) in [6.45, 7) is 5.24. The molecule has 0 aliphatic heterocycles. The molecule has 0 aliphatic carbocycles. The number of hydrogen-bond donors (Lipinski definition) is 1. The molecule has 0 saturated heterocycles. The summed E-state index contributed by atoms with van der Waals surface area (Å²) in [5.74, 6) is -4.32. The lowest BCUT2D eigenvalue weighted by Gasteiger charge is -2.20. The predicted octanol–water partition coefficient (Wildman–Crippen LogP) is 4.57.